The lowest BCUT2D eigenvalue weighted by Gasteiger charge is -2.17. The molecular formula is C17H17ClFNO2. The van der Waals surface area contributed by atoms with Gasteiger partial charge in [0.25, 0.3) is 0 Å². The molecule has 0 aliphatic rings. The van der Waals surface area contributed by atoms with Gasteiger partial charge in [-0.25, -0.2) is 4.39 Å². The Hall–Kier alpha value is -1.91. The summed E-state index contributed by atoms with van der Waals surface area (Å²) in [5.74, 6) is -0.509. The van der Waals surface area contributed by atoms with Crippen LogP contribution in [0.15, 0.2) is 48.5 Å². The smallest absolute Gasteiger partial charge is 0.220 e. The molecule has 0 spiro atoms. The van der Waals surface area contributed by atoms with E-state index in [1.807, 2.05) is 0 Å². The molecule has 3 nitrogen and oxygen atoms in total. The molecule has 2 aromatic carbocycles. The zero-order valence-electron chi connectivity index (χ0n) is 11.9. The van der Waals surface area contributed by atoms with Crippen molar-refractivity contribution < 1.29 is 14.3 Å². The van der Waals surface area contributed by atoms with E-state index in [1.54, 1.807) is 36.4 Å². The summed E-state index contributed by atoms with van der Waals surface area (Å²) in [7, 11) is 0. The molecule has 0 saturated heterocycles. The summed E-state index contributed by atoms with van der Waals surface area (Å²) < 4.78 is 13.1. The summed E-state index contributed by atoms with van der Waals surface area (Å²) in [6, 6.07) is 12.6. The summed E-state index contributed by atoms with van der Waals surface area (Å²) in [5.41, 5.74) is 1.55. The molecule has 0 aliphatic carbocycles. The van der Waals surface area contributed by atoms with E-state index in [0.717, 1.165) is 11.1 Å². The molecule has 0 aromatic heterocycles. The molecule has 2 N–H and O–H groups in total. The van der Waals surface area contributed by atoms with Crippen molar-refractivity contribution in [3.63, 3.8) is 0 Å². The van der Waals surface area contributed by atoms with Crippen molar-refractivity contribution in [1.29, 1.82) is 0 Å². The predicted molar refractivity (Wildman–Crippen MR) is 84.1 cm³/mol. The van der Waals surface area contributed by atoms with Gasteiger partial charge in [-0.3, -0.25) is 4.79 Å². The van der Waals surface area contributed by atoms with Crippen molar-refractivity contribution in [2.24, 2.45) is 0 Å². The maximum absolute atomic E-state index is 13.1. The lowest BCUT2D eigenvalue weighted by atomic mass is 10.1. The van der Waals surface area contributed by atoms with Gasteiger partial charge in [-0.05, 0) is 41.8 Å². The second-order valence-corrected chi connectivity index (χ2v) is 5.42. The number of hydrogen-bond acceptors (Lipinski definition) is 2. The highest BCUT2D eigenvalue weighted by molar-refractivity contribution is 6.30. The molecule has 5 heteroatoms. The first-order valence-electron chi connectivity index (χ1n) is 6.98. The van der Waals surface area contributed by atoms with Crippen molar-refractivity contribution in [2.75, 3.05) is 6.61 Å². The first-order chi connectivity index (χ1) is 10.6. The number of rotatable bonds is 6. The molecule has 2 rings (SSSR count). The first-order valence-corrected chi connectivity index (χ1v) is 7.36. The molecule has 1 atom stereocenters. The van der Waals surface area contributed by atoms with Crippen molar-refractivity contribution in [3.05, 3.63) is 70.5 Å². The zero-order chi connectivity index (χ0) is 15.9. The number of carbonyl (C=O) groups excluding carboxylic acids is 1. The van der Waals surface area contributed by atoms with E-state index < -0.39 is 6.04 Å². The fourth-order valence-electron chi connectivity index (χ4n) is 2.15. The van der Waals surface area contributed by atoms with E-state index in [-0.39, 0.29) is 24.8 Å². The number of aliphatic hydroxyl groups excluding tert-OH is 1. The fourth-order valence-corrected chi connectivity index (χ4v) is 2.27. The van der Waals surface area contributed by atoms with Crippen LogP contribution in [0.2, 0.25) is 5.02 Å². The number of amides is 1. The average molecular weight is 322 g/mol. The summed E-state index contributed by atoms with van der Waals surface area (Å²) in [6.45, 7) is -0.201. The van der Waals surface area contributed by atoms with Gasteiger partial charge in [0.05, 0.1) is 12.6 Å². The number of nitrogens with one attached hydrogen (secondary N) is 1. The molecule has 0 fully saturated rings. The van der Waals surface area contributed by atoms with Gasteiger partial charge < -0.3 is 10.4 Å². The highest BCUT2D eigenvalue weighted by Gasteiger charge is 2.13. The highest BCUT2D eigenvalue weighted by atomic mass is 35.5. The van der Waals surface area contributed by atoms with Crippen molar-refractivity contribution in [1.82, 2.24) is 5.32 Å². The third-order valence-electron chi connectivity index (χ3n) is 3.32. The van der Waals surface area contributed by atoms with E-state index in [1.165, 1.54) is 12.1 Å². The molecular weight excluding hydrogens is 305 g/mol. The monoisotopic (exact) mass is 321 g/mol. The van der Waals surface area contributed by atoms with E-state index in [9.17, 15) is 14.3 Å². The topological polar surface area (TPSA) is 49.3 Å². The van der Waals surface area contributed by atoms with E-state index in [0.29, 0.717) is 11.4 Å². The molecule has 0 bridgehead atoms. The Bertz CT molecular complexity index is 631. The molecule has 0 saturated carbocycles. The van der Waals surface area contributed by atoms with E-state index >= 15 is 0 Å². The van der Waals surface area contributed by atoms with Crippen LogP contribution in [0, 0.1) is 5.82 Å². The number of aryl methyl sites for hydroxylation is 1. The van der Waals surface area contributed by atoms with Gasteiger partial charge in [0.2, 0.25) is 5.91 Å². The Morgan fingerprint density at radius 3 is 2.59 bits per heavy atom. The standard InChI is InChI=1S/C17H17ClFNO2/c18-14-7-5-13(6-8-14)16(11-21)20-17(22)9-4-12-2-1-3-15(19)10-12/h1-3,5-8,10,16,21H,4,9,11H2,(H,20,22). The van der Waals surface area contributed by atoms with Crippen molar-refractivity contribution >= 4 is 17.5 Å². The van der Waals surface area contributed by atoms with Crippen LogP contribution < -0.4 is 5.32 Å². The number of halogens is 2. The van der Waals surface area contributed by atoms with Crippen molar-refractivity contribution in [3.8, 4) is 0 Å². The Balaban J connectivity index is 1.90. The Kier molecular flexibility index (Phi) is 5.92. The zero-order valence-corrected chi connectivity index (χ0v) is 12.7. The maximum Gasteiger partial charge on any atom is 0.220 e. The molecule has 116 valence electrons. The van der Waals surface area contributed by atoms with Gasteiger partial charge in [-0.15, -0.1) is 0 Å². The van der Waals surface area contributed by atoms with Gasteiger partial charge in [0, 0.05) is 11.4 Å². The summed E-state index contributed by atoms with van der Waals surface area (Å²) in [6.07, 6.45) is 0.676. The molecule has 0 radical (unpaired) electrons. The molecule has 1 amide bonds. The Morgan fingerprint density at radius 1 is 1.23 bits per heavy atom. The fraction of sp³-hybridized carbons (Fsp3) is 0.235. The van der Waals surface area contributed by atoms with Crippen molar-refractivity contribution in [2.45, 2.75) is 18.9 Å². The van der Waals surface area contributed by atoms with E-state index in [2.05, 4.69) is 5.32 Å². The van der Waals surface area contributed by atoms with Crippen LogP contribution in [0.3, 0.4) is 0 Å². The Labute approximate surface area is 133 Å². The largest absolute Gasteiger partial charge is 0.394 e. The van der Waals surface area contributed by atoms with Crippen LogP contribution in [0.25, 0.3) is 0 Å². The van der Waals surface area contributed by atoms with Crippen LogP contribution in [0.4, 0.5) is 4.39 Å². The predicted octanol–water partition coefficient (Wildman–Crippen LogP) is 3.26. The van der Waals surface area contributed by atoms with Gasteiger partial charge in [-0.1, -0.05) is 35.9 Å². The van der Waals surface area contributed by atoms with E-state index in [4.69, 9.17) is 11.6 Å². The minimum Gasteiger partial charge on any atom is -0.394 e. The minimum atomic E-state index is -0.475. The highest BCUT2D eigenvalue weighted by Crippen LogP contribution is 2.16. The molecule has 0 aliphatic heterocycles. The van der Waals surface area contributed by atoms with Gasteiger partial charge in [-0.2, -0.15) is 0 Å². The number of benzene rings is 2. The summed E-state index contributed by atoms with van der Waals surface area (Å²) >= 11 is 5.82. The summed E-state index contributed by atoms with van der Waals surface area (Å²) in [5, 5.41) is 12.8. The van der Waals surface area contributed by atoms with Crippen LogP contribution in [-0.4, -0.2) is 17.6 Å². The van der Waals surface area contributed by atoms with Crippen LogP contribution in [0.5, 0.6) is 0 Å². The van der Waals surface area contributed by atoms with Gasteiger partial charge in [0.15, 0.2) is 0 Å². The van der Waals surface area contributed by atoms with Crippen LogP contribution in [-0.2, 0) is 11.2 Å². The quantitative estimate of drug-likeness (QED) is 0.858. The average Bonchev–Trinajstić information content (AvgIpc) is 2.52. The number of aliphatic hydroxyl groups is 1. The third-order valence-corrected chi connectivity index (χ3v) is 3.57. The molecule has 1 unspecified atom stereocenters. The second-order valence-electron chi connectivity index (χ2n) is 4.98. The third kappa shape index (κ3) is 4.83. The maximum atomic E-state index is 13.1. The lowest BCUT2D eigenvalue weighted by molar-refractivity contribution is -0.122. The second kappa shape index (κ2) is 7.92. The summed E-state index contributed by atoms with van der Waals surface area (Å²) in [4.78, 5) is 12.0. The van der Waals surface area contributed by atoms with Gasteiger partial charge >= 0.3 is 0 Å². The van der Waals surface area contributed by atoms with Gasteiger partial charge in [0.1, 0.15) is 5.82 Å². The Morgan fingerprint density at radius 2 is 1.95 bits per heavy atom. The van der Waals surface area contributed by atoms with Crippen LogP contribution >= 0.6 is 11.6 Å². The molecule has 2 aromatic rings. The molecule has 0 heterocycles. The first kappa shape index (κ1) is 16.5. The molecule has 22 heavy (non-hydrogen) atoms. The SMILES string of the molecule is O=C(CCc1cccc(F)c1)NC(CO)c1ccc(Cl)cc1. The number of hydrogen-bond donors (Lipinski definition) is 2. The normalized spacial score (nSPS) is 12.0. The lowest BCUT2D eigenvalue weighted by Crippen LogP contribution is -2.30. The number of carbonyl (C=O) groups is 1. The van der Waals surface area contributed by atoms with Crippen LogP contribution in [0.1, 0.15) is 23.6 Å². The minimum absolute atomic E-state index is 0.196.